The molecule has 2 rings (SSSR count). The molecule has 2 heterocycles. The highest BCUT2D eigenvalue weighted by Crippen LogP contribution is 2.50. The van der Waals surface area contributed by atoms with Gasteiger partial charge in [-0.15, -0.1) is 11.6 Å². The van der Waals surface area contributed by atoms with Gasteiger partial charge in [-0.2, -0.15) is 0 Å². The Hall–Kier alpha value is 0.170. The fourth-order valence-corrected chi connectivity index (χ4v) is 2.78. The van der Waals surface area contributed by atoms with E-state index in [1.165, 1.54) is 0 Å². The van der Waals surface area contributed by atoms with Gasteiger partial charge in [0.05, 0.1) is 24.2 Å². The molecule has 1 spiro atoms. The van der Waals surface area contributed by atoms with Crippen LogP contribution in [0.4, 0.5) is 0 Å². The zero-order chi connectivity index (χ0) is 11.3. The molecule has 0 N–H and O–H groups in total. The minimum absolute atomic E-state index is 0.0107. The van der Waals surface area contributed by atoms with Gasteiger partial charge >= 0.3 is 0 Å². The molecule has 0 radical (unpaired) electrons. The maximum absolute atomic E-state index is 5.97. The largest absolute Gasteiger partial charge is 0.364 e. The summed E-state index contributed by atoms with van der Waals surface area (Å²) in [5.74, 6) is -0.145. The van der Waals surface area contributed by atoms with Gasteiger partial charge in [-0.05, 0) is 27.7 Å². The van der Waals surface area contributed by atoms with Crippen LogP contribution in [0.2, 0.25) is 0 Å². The Labute approximate surface area is 96.0 Å². The third-order valence-electron chi connectivity index (χ3n) is 3.14. The first-order valence-corrected chi connectivity index (χ1v) is 5.92. The summed E-state index contributed by atoms with van der Waals surface area (Å²) >= 11 is 5.79. The third-order valence-corrected chi connectivity index (χ3v) is 3.48. The molecule has 0 saturated carbocycles. The fourth-order valence-electron chi connectivity index (χ4n) is 2.63. The second kappa shape index (κ2) is 3.33. The zero-order valence-electron chi connectivity index (χ0n) is 9.80. The first-order chi connectivity index (χ1) is 6.80. The highest BCUT2D eigenvalue weighted by atomic mass is 35.5. The van der Waals surface area contributed by atoms with Gasteiger partial charge in [0, 0.05) is 6.42 Å². The molecule has 88 valence electrons. The zero-order valence-corrected chi connectivity index (χ0v) is 10.6. The topological polar surface area (TPSA) is 27.7 Å². The van der Waals surface area contributed by atoms with Gasteiger partial charge in [0.2, 0.25) is 0 Å². The molecule has 3 nitrogen and oxygen atoms in total. The number of hydrogen-bond donors (Lipinski definition) is 0. The molecule has 2 unspecified atom stereocenters. The molecule has 0 aromatic carbocycles. The van der Waals surface area contributed by atoms with Gasteiger partial charge in [-0.3, -0.25) is 0 Å². The van der Waals surface area contributed by atoms with Crippen LogP contribution in [0.25, 0.3) is 0 Å². The summed E-state index contributed by atoms with van der Waals surface area (Å²) in [6.45, 7) is 8.71. The Balaban J connectivity index is 2.22. The lowest BCUT2D eigenvalue weighted by Crippen LogP contribution is -2.47. The van der Waals surface area contributed by atoms with Crippen molar-refractivity contribution in [2.45, 2.75) is 57.2 Å². The summed E-state index contributed by atoms with van der Waals surface area (Å²) in [5.41, 5.74) is -0.623. The molecule has 2 fully saturated rings. The predicted molar refractivity (Wildman–Crippen MR) is 58.1 cm³/mol. The molecular formula is C11H19ClO3. The monoisotopic (exact) mass is 234 g/mol. The lowest BCUT2D eigenvalue weighted by Gasteiger charge is -2.34. The van der Waals surface area contributed by atoms with Crippen LogP contribution >= 0.6 is 11.6 Å². The number of alkyl halides is 1. The molecule has 0 aromatic heterocycles. The van der Waals surface area contributed by atoms with Gasteiger partial charge in [-0.25, -0.2) is 0 Å². The average molecular weight is 235 g/mol. The van der Waals surface area contributed by atoms with Crippen LogP contribution in [0.1, 0.15) is 34.1 Å². The Morgan fingerprint density at radius 3 is 2.33 bits per heavy atom. The molecule has 0 aliphatic carbocycles. The van der Waals surface area contributed by atoms with Crippen LogP contribution < -0.4 is 0 Å². The second-order valence-corrected chi connectivity index (χ2v) is 5.82. The Morgan fingerprint density at radius 1 is 1.27 bits per heavy atom. The maximum atomic E-state index is 5.97. The molecule has 2 aliphatic heterocycles. The van der Waals surface area contributed by atoms with Crippen LogP contribution in [-0.4, -0.2) is 35.6 Å². The lowest BCUT2D eigenvalue weighted by molar-refractivity contribution is -0.234. The van der Waals surface area contributed by atoms with Crippen LogP contribution in [0.15, 0.2) is 0 Å². The third kappa shape index (κ3) is 1.80. The van der Waals surface area contributed by atoms with E-state index in [2.05, 4.69) is 13.8 Å². The molecule has 4 heteroatoms. The summed E-state index contributed by atoms with van der Waals surface area (Å²) < 4.78 is 17.7. The van der Waals surface area contributed by atoms with Crippen LogP contribution in [-0.2, 0) is 14.2 Å². The van der Waals surface area contributed by atoms with Gasteiger partial charge in [0.1, 0.15) is 5.60 Å². The van der Waals surface area contributed by atoms with Crippen LogP contribution in [0, 0.1) is 0 Å². The molecule has 2 saturated heterocycles. The van der Waals surface area contributed by atoms with Crippen molar-refractivity contribution in [3.8, 4) is 0 Å². The second-order valence-electron chi connectivity index (χ2n) is 5.51. The lowest BCUT2D eigenvalue weighted by atomic mass is 9.93. The van der Waals surface area contributed by atoms with Crippen molar-refractivity contribution in [2.75, 3.05) is 12.5 Å². The maximum Gasteiger partial charge on any atom is 0.200 e. The summed E-state index contributed by atoms with van der Waals surface area (Å²) in [5, 5.41) is 0. The molecule has 2 aliphatic rings. The van der Waals surface area contributed by atoms with E-state index in [0.717, 1.165) is 6.42 Å². The highest BCUT2D eigenvalue weighted by molar-refractivity contribution is 6.18. The summed E-state index contributed by atoms with van der Waals surface area (Å²) in [6, 6.07) is 0. The van der Waals surface area contributed by atoms with Crippen molar-refractivity contribution in [3.63, 3.8) is 0 Å². The van der Waals surface area contributed by atoms with E-state index in [0.29, 0.717) is 12.5 Å². The highest BCUT2D eigenvalue weighted by Gasteiger charge is 2.62. The van der Waals surface area contributed by atoms with Crippen molar-refractivity contribution < 1.29 is 14.2 Å². The number of halogens is 1. The minimum atomic E-state index is -0.615. The van der Waals surface area contributed by atoms with E-state index in [4.69, 9.17) is 25.8 Å². The van der Waals surface area contributed by atoms with Crippen molar-refractivity contribution in [1.29, 1.82) is 0 Å². The molecule has 0 bridgehead atoms. The standard InChI is InChI=1S/C11H19ClO3/c1-9(2)7-11(10(3,4)15-9)13-6-8(5-12)14-11/h8H,5-7H2,1-4H3. The Bertz CT molecular complexity index is 265. The van der Waals surface area contributed by atoms with Gasteiger partial charge in [0.25, 0.3) is 0 Å². The fraction of sp³-hybridized carbons (Fsp3) is 1.00. The first kappa shape index (κ1) is 11.6. The average Bonchev–Trinajstić information content (AvgIpc) is 2.53. The van der Waals surface area contributed by atoms with Crippen molar-refractivity contribution in [3.05, 3.63) is 0 Å². The van der Waals surface area contributed by atoms with E-state index in [1.807, 2.05) is 13.8 Å². The van der Waals surface area contributed by atoms with Gasteiger partial charge in [-0.1, -0.05) is 0 Å². The van der Waals surface area contributed by atoms with E-state index >= 15 is 0 Å². The number of hydrogen-bond acceptors (Lipinski definition) is 3. The van der Waals surface area contributed by atoms with E-state index in [1.54, 1.807) is 0 Å². The Kier molecular flexibility index (Phi) is 2.59. The Morgan fingerprint density at radius 2 is 1.93 bits per heavy atom. The normalized spacial score (nSPS) is 42.6. The van der Waals surface area contributed by atoms with Crippen LogP contribution in [0.3, 0.4) is 0 Å². The summed E-state index contributed by atoms with van der Waals surface area (Å²) in [7, 11) is 0. The number of rotatable bonds is 1. The molecule has 0 amide bonds. The SMILES string of the molecule is CC1(C)CC2(OCC(CCl)O2)C(C)(C)O1. The van der Waals surface area contributed by atoms with E-state index in [9.17, 15) is 0 Å². The van der Waals surface area contributed by atoms with E-state index < -0.39 is 11.4 Å². The smallest absolute Gasteiger partial charge is 0.200 e. The van der Waals surface area contributed by atoms with Gasteiger partial charge in [0.15, 0.2) is 5.79 Å². The molecule has 2 atom stereocenters. The minimum Gasteiger partial charge on any atom is -0.364 e. The van der Waals surface area contributed by atoms with Crippen molar-refractivity contribution in [1.82, 2.24) is 0 Å². The predicted octanol–water partition coefficient (Wildman–Crippen LogP) is 2.31. The van der Waals surface area contributed by atoms with Crippen LogP contribution in [0.5, 0.6) is 0 Å². The summed E-state index contributed by atoms with van der Waals surface area (Å²) in [4.78, 5) is 0. The van der Waals surface area contributed by atoms with Crippen molar-refractivity contribution >= 4 is 11.6 Å². The molecule has 0 aromatic rings. The summed E-state index contributed by atoms with van der Waals surface area (Å²) in [6.07, 6.45) is 0.740. The molecule has 15 heavy (non-hydrogen) atoms. The molecular weight excluding hydrogens is 216 g/mol. The van der Waals surface area contributed by atoms with Gasteiger partial charge < -0.3 is 14.2 Å². The van der Waals surface area contributed by atoms with E-state index in [-0.39, 0.29) is 11.7 Å². The first-order valence-electron chi connectivity index (χ1n) is 5.38. The number of ether oxygens (including phenoxy) is 3. The van der Waals surface area contributed by atoms with Crippen molar-refractivity contribution in [2.24, 2.45) is 0 Å². The quantitative estimate of drug-likeness (QED) is 0.652.